The average Bonchev–Trinajstić information content (AvgIpc) is 2.14. The van der Waals surface area contributed by atoms with Crippen LogP contribution in [0.4, 0.5) is 0 Å². The largest absolute Gasteiger partial charge is 0.481 e. The Bertz CT molecular complexity index is 184. The first-order valence-corrected chi connectivity index (χ1v) is 4.75. The second-order valence-corrected chi connectivity index (χ2v) is 3.83. The van der Waals surface area contributed by atoms with Gasteiger partial charge in [0.05, 0.1) is 6.42 Å². The van der Waals surface area contributed by atoms with Crippen molar-refractivity contribution in [2.45, 2.75) is 31.8 Å². The summed E-state index contributed by atoms with van der Waals surface area (Å²) in [5.41, 5.74) is 0. The zero-order valence-electron chi connectivity index (χ0n) is 8.29. The van der Waals surface area contributed by atoms with Gasteiger partial charge >= 0.3 is 5.97 Å². The molecule has 1 heterocycles. The van der Waals surface area contributed by atoms with Gasteiger partial charge in [0, 0.05) is 18.6 Å². The lowest BCUT2D eigenvalue weighted by atomic mass is 10.2. The Kier molecular flexibility index (Phi) is 3.69. The molecule has 13 heavy (non-hydrogen) atoms. The highest BCUT2D eigenvalue weighted by atomic mass is 16.4. The summed E-state index contributed by atoms with van der Waals surface area (Å²) in [4.78, 5) is 12.7. The summed E-state index contributed by atoms with van der Waals surface area (Å²) < 4.78 is 0. The van der Waals surface area contributed by atoms with Crippen LogP contribution in [0.3, 0.4) is 0 Å². The molecule has 0 aromatic heterocycles. The van der Waals surface area contributed by atoms with E-state index in [0.717, 1.165) is 19.5 Å². The first-order valence-electron chi connectivity index (χ1n) is 4.75. The summed E-state index contributed by atoms with van der Waals surface area (Å²) >= 11 is 0. The molecule has 1 rings (SSSR count). The molecule has 76 valence electrons. The van der Waals surface area contributed by atoms with Gasteiger partial charge in [0.25, 0.3) is 0 Å². The number of likely N-dealkylation sites (N-methyl/N-ethyl adjacent to an activating group) is 1. The highest BCUT2D eigenvalue weighted by Gasteiger charge is 2.21. The molecular formula is C9H18N2O2. The molecule has 0 aromatic rings. The maximum absolute atomic E-state index is 10.5. The first kappa shape index (κ1) is 10.5. The van der Waals surface area contributed by atoms with Gasteiger partial charge in [0.1, 0.15) is 0 Å². The van der Waals surface area contributed by atoms with E-state index in [0.29, 0.717) is 6.04 Å². The Morgan fingerprint density at radius 2 is 2.38 bits per heavy atom. The van der Waals surface area contributed by atoms with E-state index in [-0.39, 0.29) is 12.5 Å². The molecule has 0 saturated carbocycles. The lowest BCUT2D eigenvalue weighted by Gasteiger charge is -2.23. The first-order chi connectivity index (χ1) is 6.09. The summed E-state index contributed by atoms with van der Waals surface area (Å²) in [6, 6.07) is 0.652. The summed E-state index contributed by atoms with van der Waals surface area (Å²) in [7, 11) is 2.05. The minimum atomic E-state index is -0.722. The molecule has 0 aromatic carbocycles. The van der Waals surface area contributed by atoms with Crippen LogP contribution >= 0.6 is 0 Å². The molecule has 1 aliphatic heterocycles. The normalized spacial score (nSPS) is 31.2. The third-order valence-corrected chi connectivity index (χ3v) is 2.68. The third-order valence-electron chi connectivity index (χ3n) is 2.68. The number of nitrogens with one attached hydrogen (secondary N) is 1. The molecule has 4 nitrogen and oxygen atoms in total. The van der Waals surface area contributed by atoms with Crippen LogP contribution in [0.2, 0.25) is 0 Å². The minimum absolute atomic E-state index is 0.104. The number of aliphatic carboxylic acids is 1. The summed E-state index contributed by atoms with van der Waals surface area (Å²) in [5.74, 6) is -0.722. The van der Waals surface area contributed by atoms with E-state index in [1.807, 2.05) is 7.05 Å². The zero-order chi connectivity index (χ0) is 9.84. The topological polar surface area (TPSA) is 52.6 Å². The van der Waals surface area contributed by atoms with Gasteiger partial charge in [0.15, 0.2) is 0 Å². The Morgan fingerprint density at radius 1 is 1.69 bits per heavy atom. The monoisotopic (exact) mass is 186 g/mol. The second-order valence-electron chi connectivity index (χ2n) is 3.83. The van der Waals surface area contributed by atoms with Gasteiger partial charge in [-0.15, -0.1) is 0 Å². The van der Waals surface area contributed by atoms with E-state index in [2.05, 4.69) is 17.1 Å². The summed E-state index contributed by atoms with van der Waals surface area (Å²) in [6.45, 7) is 3.92. The van der Waals surface area contributed by atoms with Crippen molar-refractivity contribution in [2.24, 2.45) is 0 Å². The van der Waals surface area contributed by atoms with Gasteiger partial charge in [-0.3, -0.25) is 4.79 Å². The van der Waals surface area contributed by atoms with Crippen LogP contribution in [0.1, 0.15) is 19.8 Å². The number of carboxylic acid groups (broad SMARTS) is 1. The van der Waals surface area contributed by atoms with Crippen LogP contribution in [-0.4, -0.2) is 48.2 Å². The SMILES string of the molecule is CC1CCNC(CC(=O)O)CN1C. The molecule has 1 fully saturated rings. The maximum atomic E-state index is 10.5. The predicted molar refractivity (Wildman–Crippen MR) is 50.8 cm³/mol. The van der Waals surface area contributed by atoms with Gasteiger partial charge in [-0.05, 0) is 26.9 Å². The van der Waals surface area contributed by atoms with Crippen LogP contribution in [0.5, 0.6) is 0 Å². The highest BCUT2D eigenvalue weighted by Crippen LogP contribution is 2.07. The Balaban J connectivity index is 2.44. The quantitative estimate of drug-likeness (QED) is 0.644. The van der Waals surface area contributed by atoms with E-state index in [4.69, 9.17) is 5.11 Å². The van der Waals surface area contributed by atoms with Gasteiger partial charge in [-0.1, -0.05) is 0 Å². The van der Waals surface area contributed by atoms with Crippen LogP contribution in [0.15, 0.2) is 0 Å². The molecule has 2 atom stereocenters. The van der Waals surface area contributed by atoms with E-state index in [1.54, 1.807) is 0 Å². The molecular weight excluding hydrogens is 168 g/mol. The van der Waals surface area contributed by atoms with Crippen molar-refractivity contribution in [3.05, 3.63) is 0 Å². The number of hydrogen-bond donors (Lipinski definition) is 2. The number of hydrogen-bond acceptors (Lipinski definition) is 3. The number of nitrogens with zero attached hydrogens (tertiary/aromatic N) is 1. The predicted octanol–water partition coefficient (Wildman–Crippen LogP) is 0.143. The van der Waals surface area contributed by atoms with Crippen molar-refractivity contribution in [3.8, 4) is 0 Å². The Labute approximate surface area is 78.9 Å². The molecule has 0 bridgehead atoms. The van der Waals surface area contributed by atoms with Crippen LogP contribution in [0.25, 0.3) is 0 Å². The van der Waals surface area contributed by atoms with Crippen molar-refractivity contribution in [1.29, 1.82) is 0 Å². The fourth-order valence-corrected chi connectivity index (χ4v) is 1.66. The highest BCUT2D eigenvalue weighted by molar-refractivity contribution is 5.67. The van der Waals surface area contributed by atoms with Crippen molar-refractivity contribution >= 4 is 5.97 Å². The summed E-state index contributed by atoms with van der Waals surface area (Å²) in [5, 5.41) is 11.9. The molecule has 0 radical (unpaired) electrons. The molecule has 0 spiro atoms. The molecule has 0 aliphatic carbocycles. The molecule has 1 saturated heterocycles. The Hall–Kier alpha value is -0.610. The molecule has 4 heteroatoms. The lowest BCUT2D eigenvalue weighted by molar-refractivity contribution is -0.137. The van der Waals surface area contributed by atoms with Crippen molar-refractivity contribution in [2.75, 3.05) is 20.1 Å². The smallest absolute Gasteiger partial charge is 0.304 e. The van der Waals surface area contributed by atoms with E-state index in [9.17, 15) is 4.79 Å². The number of carboxylic acids is 1. The minimum Gasteiger partial charge on any atom is -0.481 e. The van der Waals surface area contributed by atoms with Gasteiger partial charge in [-0.25, -0.2) is 0 Å². The van der Waals surface area contributed by atoms with Crippen molar-refractivity contribution in [1.82, 2.24) is 10.2 Å². The van der Waals surface area contributed by atoms with E-state index < -0.39 is 5.97 Å². The summed E-state index contributed by atoms with van der Waals surface area (Å²) in [6.07, 6.45) is 1.31. The lowest BCUT2D eigenvalue weighted by Crippen LogP contribution is -2.39. The van der Waals surface area contributed by atoms with E-state index in [1.165, 1.54) is 0 Å². The Morgan fingerprint density at radius 3 is 3.00 bits per heavy atom. The second kappa shape index (κ2) is 4.58. The number of rotatable bonds is 2. The van der Waals surface area contributed by atoms with Crippen LogP contribution < -0.4 is 5.32 Å². The van der Waals surface area contributed by atoms with Gasteiger partial charge < -0.3 is 15.3 Å². The van der Waals surface area contributed by atoms with Gasteiger partial charge in [-0.2, -0.15) is 0 Å². The maximum Gasteiger partial charge on any atom is 0.304 e. The zero-order valence-corrected chi connectivity index (χ0v) is 8.29. The third kappa shape index (κ3) is 3.32. The van der Waals surface area contributed by atoms with Crippen molar-refractivity contribution < 1.29 is 9.90 Å². The van der Waals surface area contributed by atoms with Crippen molar-refractivity contribution in [3.63, 3.8) is 0 Å². The standard InChI is InChI=1S/C9H18N2O2/c1-7-3-4-10-8(5-9(12)13)6-11(7)2/h7-8,10H,3-6H2,1-2H3,(H,12,13). The number of carbonyl (C=O) groups is 1. The molecule has 2 N–H and O–H groups in total. The van der Waals surface area contributed by atoms with Crippen LogP contribution in [0, 0.1) is 0 Å². The molecule has 0 amide bonds. The van der Waals surface area contributed by atoms with Crippen LogP contribution in [-0.2, 0) is 4.79 Å². The average molecular weight is 186 g/mol. The fraction of sp³-hybridized carbons (Fsp3) is 0.889. The van der Waals surface area contributed by atoms with E-state index >= 15 is 0 Å². The fourth-order valence-electron chi connectivity index (χ4n) is 1.66. The van der Waals surface area contributed by atoms with Gasteiger partial charge in [0.2, 0.25) is 0 Å². The molecule has 1 aliphatic rings. The molecule has 2 unspecified atom stereocenters.